The number of piperazine rings is 1. The number of nitrogens with zero attached hydrogens (tertiary/aromatic N) is 2. The minimum absolute atomic E-state index is 0.209. The van der Waals surface area contributed by atoms with Crippen molar-refractivity contribution in [1.29, 1.82) is 0 Å². The molecule has 8 heteroatoms. The normalized spacial score (nSPS) is 16.8. The van der Waals surface area contributed by atoms with Crippen LogP contribution in [0, 0.1) is 0 Å². The van der Waals surface area contributed by atoms with Gasteiger partial charge in [0.1, 0.15) is 5.75 Å². The number of hydrogen-bond donors (Lipinski definition) is 1. The number of benzene rings is 1. The van der Waals surface area contributed by atoms with Crippen LogP contribution in [0.5, 0.6) is 5.75 Å². The van der Waals surface area contributed by atoms with Gasteiger partial charge in [0.05, 0.1) is 24.6 Å². The van der Waals surface area contributed by atoms with E-state index in [4.69, 9.17) is 10.5 Å². The Bertz CT molecular complexity index is 637. The van der Waals surface area contributed by atoms with E-state index in [1.54, 1.807) is 23.1 Å². The Morgan fingerprint density at radius 3 is 2.38 bits per heavy atom. The number of nitrogens with two attached hydrogens (primary N) is 1. The molecule has 1 aliphatic heterocycles. The third-order valence-corrected chi connectivity index (χ3v) is 4.81. The molecule has 116 valence electrons. The highest BCUT2D eigenvalue weighted by molar-refractivity contribution is 7.88. The van der Waals surface area contributed by atoms with Gasteiger partial charge in [-0.1, -0.05) is 6.07 Å². The van der Waals surface area contributed by atoms with Crippen molar-refractivity contribution in [3.63, 3.8) is 0 Å². The number of hydrogen-bond acceptors (Lipinski definition) is 5. The van der Waals surface area contributed by atoms with Crippen LogP contribution < -0.4 is 10.5 Å². The fourth-order valence-corrected chi connectivity index (χ4v) is 3.13. The first kappa shape index (κ1) is 15.6. The van der Waals surface area contributed by atoms with Crippen LogP contribution in [0.3, 0.4) is 0 Å². The average Bonchev–Trinajstić information content (AvgIpc) is 2.46. The maximum absolute atomic E-state index is 12.5. The molecule has 1 aromatic rings. The number of sulfonamides is 1. The first-order valence-electron chi connectivity index (χ1n) is 6.51. The van der Waals surface area contributed by atoms with Crippen molar-refractivity contribution in [3.8, 4) is 5.75 Å². The monoisotopic (exact) mass is 313 g/mol. The standard InChI is InChI=1S/C13H19N3O4S/c1-20-11-5-3-4-10(12(11)14)13(17)15-6-8-16(9-7-15)21(2,18)19/h3-5H,6-9,14H2,1-2H3. The summed E-state index contributed by atoms with van der Waals surface area (Å²) in [6, 6.07) is 5.03. The number of methoxy groups -OCH3 is 1. The number of para-hydroxylation sites is 1. The minimum atomic E-state index is -3.21. The van der Waals surface area contributed by atoms with Crippen molar-refractivity contribution < 1.29 is 17.9 Å². The van der Waals surface area contributed by atoms with Crippen molar-refractivity contribution in [3.05, 3.63) is 23.8 Å². The summed E-state index contributed by atoms with van der Waals surface area (Å²) in [4.78, 5) is 14.1. The second-order valence-electron chi connectivity index (χ2n) is 4.88. The number of anilines is 1. The van der Waals surface area contributed by atoms with E-state index in [0.717, 1.165) is 0 Å². The molecular weight excluding hydrogens is 294 g/mol. The highest BCUT2D eigenvalue weighted by Crippen LogP contribution is 2.26. The van der Waals surface area contributed by atoms with E-state index < -0.39 is 10.0 Å². The third kappa shape index (κ3) is 3.27. The number of rotatable bonds is 3. The first-order valence-corrected chi connectivity index (χ1v) is 8.36. The molecule has 0 atom stereocenters. The maximum atomic E-state index is 12.5. The molecule has 0 saturated carbocycles. The smallest absolute Gasteiger partial charge is 0.256 e. The Labute approximate surface area is 124 Å². The number of carbonyl (C=O) groups is 1. The van der Waals surface area contributed by atoms with Crippen molar-refractivity contribution >= 4 is 21.6 Å². The molecule has 1 amide bonds. The Morgan fingerprint density at radius 2 is 1.86 bits per heavy atom. The molecule has 1 saturated heterocycles. The van der Waals surface area contributed by atoms with Crippen LogP contribution >= 0.6 is 0 Å². The van der Waals surface area contributed by atoms with Crippen LogP contribution in [0.4, 0.5) is 5.69 Å². The average molecular weight is 313 g/mol. The molecule has 0 spiro atoms. The molecule has 1 aliphatic rings. The molecule has 2 rings (SSSR count). The van der Waals surface area contributed by atoms with Gasteiger partial charge in [0, 0.05) is 26.2 Å². The van der Waals surface area contributed by atoms with Crippen molar-refractivity contribution in [2.75, 3.05) is 45.3 Å². The molecule has 1 heterocycles. The molecule has 0 aliphatic carbocycles. The zero-order chi connectivity index (χ0) is 15.6. The minimum Gasteiger partial charge on any atom is -0.495 e. The van der Waals surface area contributed by atoms with Crippen LogP contribution in [0.1, 0.15) is 10.4 Å². The molecular formula is C13H19N3O4S. The van der Waals surface area contributed by atoms with Gasteiger partial charge in [-0.2, -0.15) is 4.31 Å². The van der Waals surface area contributed by atoms with Crippen molar-refractivity contribution in [1.82, 2.24) is 9.21 Å². The summed E-state index contributed by atoms with van der Waals surface area (Å²) in [5, 5.41) is 0. The zero-order valence-corrected chi connectivity index (χ0v) is 12.9. The summed E-state index contributed by atoms with van der Waals surface area (Å²) >= 11 is 0. The quantitative estimate of drug-likeness (QED) is 0.793. The van der Waals surface area contributed by atoms with E-state index in [1.807, 2.05) is 0 Å². The summed E-state index contributed by atoms with van der Waals surface area (Å²) < 4.78 is 29.4. The number of nitrogen functional groups attached to an aromatic ring is 1. The lowest BCUT2D eigenvalue weighted by atomic mass is 10.1. The maximum Gasteiger partial charge on any atom is 0.256 e. The van der Waals surface area contributed by atoms with Gasteiger partial charge < -0.3 is 15.4 Å². The van der Waals surface area contributed by atoms with E-state index in [2.05, 4.69) is 0 Å². The molecule has 21 heavy (non-hydrogen) atoms. The highest BCUT2D eigenvalue weighted by atomic mass is 32.2. The molecule has 1 fully saturated rings. The van der Waals surface area contributed by atoms with E-state index in [0.29, 0.717) is 43.2 Å². The van der Waals surface area contributed by atoms with Gasteiger partial charge in [0.25, 0.3) is 5.91 Å². The van der Waals surface area contributed by atoms with E-state index in [1.165, 1.54) is 17.7 Å². The number of amides is 1. The molecule has 1 aromatic carbocycles. The summed E-state index contributed by atoms with van der Waals surface area (Å²) in [6.07, 6.45) is 1.17. The summed E-state index contributed by atoms with van der Waals surface area (Å²) in [5.41, 5.74) is 6.60. The van der Waals surface area contributed by atoms with Crippen molar-refractivity contribution in [2.24, 2.45) is 0 Å². The van der Waals surface area contributed by atoms with Gasteiger partial charge in [-0.3, -0.25) is 4.79 Å². The largest absolute Gasteiger partial charge is 0.495 e. The molecule has 7 nitrogen and oxygen atoms in total. The second-order valence-corrected chi connectivity index (χ2v) is 6.86. The van der Waals surface area contributed by atoms with Crippen LogP contribution in [0.25, 0.3) is 0 Å². The predicted octanol–water partition coefficient (Wildman–Crippen LogP) is -0.00520. The lowest BCUT2D eigenvalue weighted by Crippen LogP contribution is -2.50. The van der Waals surface area contributed by atoms with Gasteiger partial charge in [-0.05, 0) is 12.1 Å². The van der Waals surface area contributed by atoms with E-state index >= 15 is 0 Å². The van der Waals surface area contributed by atoms with Crippen LogP contribution in [-0.4, -0.2) is 63.1 Å². The summed E-state index contributed by atoms with van der Waals surface area (Å²) in [6.45, 7) is 1.30. The number of ether oxygens (including phenoxy) is 1. The highest BCUT2D eigenvalue weighted by Gasteiger charge is 2.27. The Balaban J connectivity index is 2.13. The third-order valence-electron chi connectivity index (χ3n) is 3.51. The first-order chi connectivity index (χ1) is 9.84. The summed E-state index contributed by atoms with van der Waals surface area (Å²) in [5.74, 6) is 0.246. The Hall–Kier alpha value is -1.80. The van der Waals surface area contributed by atoms with Crippen LogP contribution in [0.2, 0.25) is 0 Å². The topological polar surface area (TPSA) is 92.9 Å². The molecule has 0 bridgehead atoms. The van der Waals surface area contributed by atoms with E-state index in [9.17, 15) is 13.2 Å². The van der Waals surface area contributed by atoms with Gasteiger partial charge in [0.15, 0.2) is 0 Å². The van der Waals surface area contributed by atoms with Gasteiger partial charge in [0.2, 0.25) is 10.0 Å². The lowest BCUT2D eigenvalue weighted by molar-refractivity contribution is 0.0699. The van der Waals surface area contributed by atoms with E-state index in [-0.39, 0.29) is 5.91 Å². The fourth-order valence-electron chi connectivity index (χ4n) is 2.30. The molecule has 2 N–H and O–H groups in total. The second kappa shape index (κ2) is 5.90. The zero-order valence-electron chi connectivity index (χ0n) is 12.1. The number of carbonyl (C=O) groups excluding carboxylic acids is 1. The Morgan fingerprint density at radius 1 is 1.24 bits per heavy atom. The molecule has 0 aromatic heterocycles. The fraction of sp³-hybridized carbons (Fsp3) is 0.462. The van der Waals surface area contributed by atoms with Crippen molar-refractivity contribution in [2.45, 2.75) is 0 Å². The SMILES string of the molecule is COc1cccc(C(=O)N2CCN(S(C)(=O)=O)CC2)c1N. The van der Waals surface area contributed by atoms with Gasteiger partial charge >= 0.3 is 0 Å². The van der Waals surface area contributed by atoms with Gasteiger partial charge in [-0.15, -0.1) is 0 Å². The Kier molecular flexibility index (Phi) is 4.38. The van der Waals surface area contributed by atoms with Gasteiger partial charge in [-0.25, -0.2) is 8.42 Å². The van der Waals surface area contributed by atoms with Crippen LogP contribution in [0.15, 0.2) is 18.2 Å². The predicted molar refractivity (Wildman–Crippen MR) is 79.7 cm³/mol. The molecule has 0 unspecified atom stereocenters. The lowest BCUT2D eigenvalue weighted by Gasteiger charge is -2.33. The summed E-state index contributed by atoms with van der Waals surface area (Å²) in [7, 11) is -1.72. The molecule has 0 radical (unpaired) electrons. The van der Waals surface area contributed by atoms with Crippen LogP contribution in [-0.2, 0) is 10.0 Å².